The van der Waals surface area contributed by atoms with Gasteiger partial charge in [0.15, 0.2) is 0 Å². The maximum absolute atomic E-state index is 5.28. The van der Waals surface area contributed by atoms with Crippen LogP contribution in [-0.4, -0.2) is 7.11 Å². The molecule has 2 aromatic rings. The van der Waals surface area contributed by atoms with Crippen LogP contribution in [-0.2, 0) is 11.3 Å². The number of rotatable bonds is 7. The van der Waals surface area contributed by atoms with Gasteiger partial charge in [-0.25, -0.2) is 0 Å². The summed E-state index contributed by atoms with van der Waals surface area (Å²) < 4.78 is 5.28. The van der Waals surface area contributed by atoms with E-state index in [4.69, 9.17) is 4.74 Å². The summed E-state index contributed by atoms with van der Waals surface area (Å²) in [6, 6.07) is 19.3. The van der Waals surface area contributed by atoms with Crippen molar-refractivity contribution < 1.29 is 4.74 Å². The van der Waals surface area contributed by atoms with E-state index in [2.05, 4.69) is 66.8 Å². The highest BCUT2D eigenvalue weighted by Gasteiger charge is 2.11. The molecule has 2 heteroatoms. The molecule has 106 valence electrons. The highest BCUT2D eigenvalue weighted by Crippen LogP contribution is 2.26. The van der Waals surface area contributed by atoms with E-state index < -0.39 is 0 Å². The first-order valence-electron chi connectivity index (χ1n) is 7.23. The number of methoxy groups -OCH3 is 1. The molecule has 0 amide bonds. The van der Waals surface area contributed by atoms with Crippen LogP contribution >= 0.6 is 0 Å². The van der Waals surface area contributed by atoms with Gasteiger partial charge >= 0.3 is 0 Å². The van der Waals surface area contributed by atoms with E-state index in [0.717, 1.165) is 18.5 Å². The van der Waals surface area contributed by atoms with Gasteiger partial charge in [0.05, 0.1) is 12.6 Å². The zero-order chi connectivity index (χ0) is 14.2. The van der Waals surface area contributed by atoms with Crippen molar-refractivity contribution in [2.45, 2.75) is 32.4 Å². The first kappa shape index (κ1) is 14.6. The fourth-order valence-corrected chi connectivity index (χ4v) is 2.43. The van der Waals surface area contributed by atoms with E-state index in [1.807, 2.05) is 0 Å². The fraction of sp³-hybridized carbons (Fsp3) is 0.333. The molecule has 2 rings (SSSR count). The topological polar surface area (TPSA) is 21.3 Å². The first-order valence-corrected chi connectivity index (χ1v) is 7.23. The molecule has 0 heterocycles. The molecule has 0 spiro atoms. The standard InChI is InChI=1S/C18H23NO/c1-3-9-17(15-10-5-4-6-11-15)19-18-13-8-7-12-16(18)14-20-2/h4-8,10-13,17,19H,3,9,14H2,1-2H3. The fourth-order valence-electron chi connectivity index (χ4n) is 2.43. The third-order valence-corrected chi connectivity index (χ3v) is 3.43. The van der Waals surface area contributed by atoms with E-state index in [0.29, 0.717) is 12.6 Å². The van der Waals surface area contributed by atoms with Gasteiger partial charge in [0, 0.05) is 18.4 Å². The van der Waals surface area contributed by atoms with E-state index in [1.54, 1.807) is 7.11 Å². The normalized spacial score (nSPS) is 12.1. The number of benzene rings is 2. The van der Waals surface area contributed by atoms with Crippen molar-refractivity contribution in [3.05, 3.63) is 65.7 Å². The molecule has 1 unspecified atom stereocenters. The van der Waals surface area contributed by atoms with Gasteiger partial charge in [-0.15, -0.1) is 0 Å². The molecular weight excluding hydrogens is 246 g/mol. The molecule has 2 nitrogen and oxygen atoms in total. The molecule has 0 aliphatic rings. The summed E-state index contributed by atoms with van der Waals surface area (Å²) in [6.45, 7) is 2.86. The average molecular weight is 269 g/mol. The van der Waals surface area contributed by atoms with Crippen molar-refractivity contribution in [3.63, 3.8) is 0 Å². The van der Waals surface area contributed by atoms with Gasteiger partial charge in [-0.3, -0.25) is 0 Å². The lowest BCUT2D eigenvalue weighted by Crippen LogP contribution is -2.12. The lowest BCUT2D eigenvalue weighted by atomic mass is 10.0. The number of hydrogen-bond donors (Lipinski definition) is 1. The van der Waals surface area contributed by atoms with Gasteiger partial charge in [0.25, 0.3) is 0 Å². The molecule has 1 N–H and O–H groups in total. The van der Waals surface area contributed by atoms with Crippen molar-refractivity contribution >= 4 is 5.69 Å². The Morgan fingerprint density at radius 2 is 1.70 bits per heavy atom. The Labute approximate surface area is 121 Å². The quantitative estimate of drug-likeness (QED) is 0.780. The number of anilines is 1. The van der Waals surface area contributed by atoms with Gasteiger partial charge < -0.3 is 10.1 Å². The minimum atomic E-state index is 0.346. The van der Waals surface area contributed by atoms with Crippen LogP contribution < -0.4 is 5.32 Å². The summed E-state index contributed by atoms with van der Waals surface area (Å²) in [7, 11) is 1.73. The zero-order valence-corrected chi connectivity index (χ0v) is 12.3. The van der Waals surface area contributed by atoms with Crippen LogP contribution in [0.4, 0.5) is 5.69 Å². The SMILES string of the molecule is CCCC(Nc1ccccc1COC)c1ccccc1. The second-order valence-corrected chi connectivity index (χ2v) is 4.99. The molecule has 0 fully saturated rings. The van der Waals surface area contributed by atoms with Gasteiger partial charge in [-0.2, -0.15) is 0 Å². The minimum Gasteiger partial charge on any atom is -0.380 e. The van der Waals surface area contributed by atoms with Crippen LogP contribution in [0, 0.1) is 0 Å². The van der Waals surface area contributed by atoms with E-state index in [-0.39, 0.29) is 0 Å². The summed E-state index contributed by atoms with van der Waals surface area (Å²) in [6.07, 6.45) is 2.27. The minimum absolute atomic E-state index is 0.346. The van der Waals surface area contributed by atoms with E-state index in [9.17, 15) is 0 Å². The maximum Gasteiger partial charge on any atom is 0.0733 e. The second-order valence-electron chi connectivity index (χ2n) is 4.99. The van der Waals surface area contributed by atoms with Gasteiger partial charge in [0.2, 0.25) is 0 Å². The Kier molecular flexibility index (Phi) is 5.63. The number of hydrogen-bond acceptors (Lipinski definition) is 2. The third-order valence-electron chi connectivity index (χ3n) is 3.43. The van der Waals surface area contributed by atoms with Crippen LogP contribution in [0.1, 0.15) is 36.9 Å². The Bertz CT molecular complexity index is 510. The molecule has 0 saturated carbocycles. The third kappa shape index (κ3) is 3.84. The van der Waals surface area contributed by atoms with Crippen molar-refractivity contribution in [3.8, 4) is 0 Å². The number of ether oxygens (including phenoxy) is 1. The van der Waals surface area contributed by atoms with Crippen LogP contribution in [0.15, 0.2) is 54.6 Å². The summed E-state index contributed by atoms with van der Waals surface area (Å²) in [5.41, 5.74) is 3.70. The van der Waals surface area contributed by atoms with Crippen LogP contribution in [0.25, 0.3) is 0 Å². The zero-order valence-electron chi connectivity index (χ0n) is 12.3. The predicted molar refractivity (Wildman–Crippen MR) is 84.9 cm³/mol. The van der Waals surface area contributed by atoms with Crippen molar-refractivity contribution in [1.29, 1.82) is 0 Å². The molecule has 0 radical (unpaired) electrons. The highest BCUT2D eigenvalue weighted by atomic mass is 16.5. The Morgan fingerprint density at radius 1 is 1.00 bits per heavy atom. The van der Waals surface area contributed by atoms with E-state index in [1.165, 1.54) is 11.1 Å². The molecular formula is C18H23NO. The Balaban J connectivity index is 2.20. The monoisotopic (exact) mass is 269 g/mol. The molecule has 20 heavy (non-hydrogen) atoms. The molecule has 2 aromatic carbocycles. The predicted octanol–water partition coefficient (Wildman–Crippen LogP) is 4.79. The first-order chi connectivity index (χ1) is 9.85. The van der Waals surface area contributed by atoms with Crippen LogP contribution in [0.5, 0.6) is 0 Å². The summed E-state index contributed by atoms with van der Waals surface area (Å²) >= 11 is 0. The highest BCUT2D eigenvalue weighted by molar-refractivity contribution is 5.52. The molecule has 1 atom stereocenters. The summed E-state index contributed by atoms with van der Waals surface area (Å²) in [5, 5.41) is 3.67. The van der Waals surface area contributed by atoms with E-state index >= 15 is 0 Å². The van der Waals surface area contributed by atoms with Crippen molar-refractivity contribution in [1.82, 2.24) is 0 Å². The molecule has 0 aliphatic carbocycles. The molecule has 0 bridgehead atoms. The Hall–Kier alpha value is -1.80. The van der Waals surface area contributed by atoms with Gasteiger partial charge in [-0.05, 0) is 18.1 Å². The average Bonchev–Trinajstić information content (AvgIpc) is 2.50. The largest absolute Gasteiger partial charge is 0.380 e. The Morgan fingerprint density at radius 3 is 2.40 bits per heavy atom. The van der Waals surface area contributed by atoms with Crippen LogP contribution in [0.3, 0.4) is 0 Å². The second kappa shape index (κ2) is 7.71. The maximum atomic E-state index is 5.28. The molecule has 0 saturated heterocycles. The lowest BCUT2D eigenvalue weighted by Gasteiger charge is -2.22. The number of para-hydroxylation sites is 1. The van der Waals surface area contributed by atoms with Crippen LogP contribution in [0.2, 0.25) is 0 Å². The van der Waals surface area contributed by atoms with Gasteiger partial charge in [-0.1, -0.05) is 61.9 Å². The van der Waals surface area contributed by atoms with Crippen molar-refractivity contribution in [2.24, 2.45) is 0 Å². The smallest absolute Gasteiger partial charge is 0.0733 e. The summed E-state index contributed by atoms with van der Waals surface area (Å²) in [5.74, 6) is 0. The lowest BCUT2D eigenvalue weighted by molar-refractivity contribution is 0.185. The number of nitrogens with one attached hydrogen (secondary N) is 1. The van der Waals surface area contributed by atoms with Gasteiger partial charge in [0.1, 0.15) is 0 Å². The molecule has 0 aliphatic heterocycles. The molecule has 0 aromatic heterocycles. The van der Waals surface area contributed by atoms with Crippen molar-refractivity contribution in [2.75, 3.05) is 12.4 Å². The summed E-state index contributed by atoms with van der Waals surface area (Å²) in [4.78, 5) is 0.